The van der Waals surface area contributed by atoms with Crippen molar-refractivity contribution < 1.29 is 19.5 Å². The lowest BCUT2D eigenvalue weighted by Gasteiger charge is -2.18. The molecule has 0 bridgehead atoms. The van der Waals surface area contributed by atoms with Crippen LogP contribution in [0.5, 0.6) is 0 Å². The number of amides is 2. The summed E-state index contributed by atoms with van der Waals surface area (Å²) in [5.74, 6) is -1.83. The number of aliphatic carboxylic acids is 1. The molecular formula is C19H38N8O4. The lowest BCUT2D eigenvalue weighted by Crippen LogP contribution is -2.49. The number of carbonyl (C=O) groups is 3. The zero-order chi connectivity index (χ0) is 23.5. The number of carboxylic acid groups (broad SMARTS) is 1. The highest BCUT2D eigenvalue weighted by molar-refractivity contribution is 5.80. The highest BCUT2D eigenvalue weighted by atomic mass is 16.4. The molecule has 12 heteroatoms. The second-order valence-electron chi connectivity index (χ2n) is 7.29. The van der Waals surface area contributed by atoms with Gasteiger partial charge in [-0.15, -0.1) is 0 Å². The van der Waals surface area contributed by atoms with Crippen molar-refractivity contribution in [3.8, 4) is 0 Å². The van der Waals surface area contributed by atoms with Crippen molar-refractivity contribution in [2.75, 3.05) is 13.1 Å². The number of hydrogen-bond donors (Lipinski definition) is 9. The molecule has 0 unspecified atom stereocenters. The Balaban J connectivity index is 4.03. The fourth-order valence-corrected chi connectivity index (χ4v) is 2.82. The van der Waals surface area contributed by atoms with Crippen LogP contribution in [0, 0.1) is 10.8 Å². The molecule has 178 valence electrons. The number of nitrogens with one attached hydrogen (secondary N) is 6. The minimum atomic E-state index is -1.11. The van der Waals surface area contributed by atoms with Crippen LogP contribution in [-0.4, -0.2) is 54.1 Å². The Hall–Kier alpha value is -3.05. The van der Waals surface area contributed by atoms with E-state index in [-0.39, 0.29) is 43.0 Å². The van der Waals surface area contributed by atoms with Crippen LogP contribution in [-0.2, 0) is 14.4 Å². The molecule has 11 N–H and O–H groups in total. The predicted molar refractivity (Wildman–Crippen MR) is 118 cm³/mol. The van der Waals surface area contributed by atoms with Crippen LogP contribution in [0.4, 0.5) is 0 Å². The minimum Gasteiger partial charge on any atom is -0.481 e. The van der Waals surface area contributed by atoms with Gasteiger partial charge in [0, 0.05) is 25.9 Å². The fourth-order valence-electron chi connectivity index (χ4n) is 2.82. The number of unbranched alkanes of at least 4 members (excludes halogenated alkanes) is 6. The number of guanidine groups is 2. The zero-order valence-electron chi connectivity index (χ0n) is 18.1. The monoisotopic (exact) mass is 442 g/mol. The van der Waals surface area contributed by atoms with Crippen molar-refractivity contribution in [1.82, 2.24) is 21.3 Å². The summed E-state index contributed by atoms with van der Waals surface area (Å²) in [5.41, 5.74) is 10.4. The third-order valence-electron chi connectivity index (χ3n) is 4.34. The standard InChI is InChI=1S/C19H38N8O4/c20-18(21)24-11-7-3-1-5-9-15(28)26-14(13-17(30)31)27-16(29)10-6-2-4-8-12-25-19(22)23/h14H,1-13H2,(H,26,28)(H,27,29)(H,30,31)(H4,20,21,24)(H4,22,23,25). The number of carboxylic acids is 1. The van der Waals surface area contributed by atoms with Crippen LogP contribution in [0.25, 0.3) is 0 Å². The van der Waals surface area contributed by atoms with Gasteiger partial charge in [0.1, 0.15) is 6.17 Å². The minimum absolute atomic E-state index is 0.0622. The second-order valence-corrected chi connectivity index (χ2v) is 7.29. The summed E-state index contributed by atoms with van der Waals surface area (Å²) < 4.78 is 0. The Morgan fingerprint density at radius 1 is 0.710 bits per heavy atom. The first-order chi connectivity index (χ1) is 14.7. The van der Waals surface area contributed by atoms with Crippen molar-refractivity contribution in [2.24, 2.45) is 11.5 Å². The first-order valence-corrected chi connectivity index (χ1v) is 10.7. The summed E-state index contributed by atoms with van der Waals surface area (Å²) in [6.07, 6.45) is 5.58. The Bertz CT molecular complexity index is 543. The topological polar surface area (TPSA) is 219 Å². The normalized spacial score (nSPS) is 11.2. The molecule has 0 saturated carbocycles. The fraction of sp³-hybridized carbons (Fsp3) is 0.737. The van der Waals surface area contributed by atoms with Crippen LogP contribution in [0.1, 0.15) is 70.6 Å². The SMILES string of the molecule is N=C(N)NCCCCCCC(=O)NC(CC(=O)O)NC(=O)CCCCCCNC(=N)N. The second kappa shape index (κ2) is 17.8. The summed E-state index contributed by atoms with van der Waals surface area (Å²) in [5, 5.41) is 33.7. The van der Waals surface area contributed by atoms with E-state index in [2.05, 4.69) is 21.3 Å². The van der Waals surface area contributed by atoms with Gasteiger partial charge in [0.25, 0.3) is 0 Å². The van der Waals surface area contributed by atoms with Gasteiger partial charge in [-0.3, -0.25) is 25.2 Å². The van der Waals surface area contributed by atoms with Crippen LogP contribution in [0.2, 0.25) is 0 Å². The first kappa shape index (κ1) is 27.9. The van der Waals surface area contributed by atoms with E-state index in [0.717, 1.165) is 38.5 Å². The van der Waals surface area contributed by atoms with E-state index in [9.17, 15) is 14.4 Å². The summed E-state index contributed by atoms with van der Waals surface area (Å²) >= 11 is 0. The van der Waals surface area contributed by atoms with Gasteiger partial charge in [-0.25, -0.2) is 0 Å². The van der Waals surface area contributed by atoms with Gasteiger partial charge in [0.15, 0.2) is 11.9 Å². The van der Waals surface area contributed by atoms with Crippen molar-refractivity contribution >= 4 is 29.7 Å². The van der Waals surface area contributed by atoms with E-state index >= 15 is 0 Å². The number of carbonyl (C=O) groups excluding carboxylic acids is 2. The predicted octanol–water partition coefficient (Wildman–Crippen LogP) is -0.113. The van der Waals surface area contributed by atoms with E-state index in [1.54, 1.807) is 0 Å². The van der Waals surface area contributed by atoms with Crippen LogP contribution < -0.4 is 32.7 Å². The molecular weight excluding hydrogens is 404 g/mol. The molecule has 0 aromatic carbocycles. The van der Waals surface area contributed by atoms with E-state index < -0.39 is 12.1 Å². The van der Waals surface area contributed by atoms with Crippen LogP contribution in [0.15, 0.2) is 0 Å². The number of rotatable bonds is 18. The molecule has 0 aromatic rings. The quantitative estimate of drug-likeness (QED) is 0.0601. The summed E-state index contributed by atoms with van der Waals surface area (Å²) in [6.45, 7) is 1.23. The third kappa shape index (κ3) is 20.0. The smallest absolute Gasteiger partial charge is 0.307 e. The largest absolute Gasteiger partial charge is 0.481 e. The molecule has 0 aliphatic rings. The highest BCUT2D eigenvalue weighted by Gasteiger charge is 2.18. The molecule has 0 aliphatic heterocycles. The molecule has 0 aromatic heterocycles. The van der Waals surface area contributed by atoms with E-state index in [0.29, 0.717) is 25.9 Å². The number of nitrogens with two attached hydrogens (primary N) is 2. The highest BCUT2D eigenvalue weighted by Crippen LogP contribution is 2.05. The maximum atomic E-state index is 12.1. The maximum Gasteiger partial charge on any atom is 0.307 e. The molecule has 0 saturated heterocycles. The molecule has 2 amide bonds. The summed E-state index contributed by atoms with van der Waals surface area (Å²) in [6, 6.07) is 0. The molecule has 0 aliphatic carbocycles. The zero-order valence-corrected chi connectivity index (χ0v) is 18.1. The molecule has 0 rings (SSSR count). The molecule has 0 heterocycles. The Morgan fingerprint density at radius 3 is 1.45 bits per heavy atom. The van der Waals surface area contributed by atoms with Crippen LogP contribution in [0.3, 0.4) is 0 Å². The van der Waals surface area contributed by atoms with Crippen molar-refractivity contribution in [1.29, 1.82) is 10.8 Å². The van der Waals surface area contributed by atoms with E-state index in [4.69, 9.17) is 27.4 Å². The van der Waals surface area contributed by atoms with Gasteiger partial charge in [0.05, 0.1) is 6.42 Å². The lowest BCUT2D eigenvalue weighted by molar-refractivity contribution is -0.138. The molecule has 0 atom stereocenters. The molecule has 12 nitrogen and oxygen atoms in total. The van der Waals surface area contributed by atoms with Crippen molar-refractivity contribution in [3.05, 3.63) is 0 Å². The molecule has 31 heavy (non-hydrogen) atoms. The van der Waals surface area contributed by atoms with Gasteiger partial charge in [-0.1, -0.05) is 25.7 Å². The van der Waals surface area contributed by atoms with Gasteiger partial charge in [0.2, 0.25) is 11.8 Å². The van der Waals surface area contributed by atoms with Crippen LogP contribution >= 0.6 is 0 Å². The lowest BCUT2D eigenvalue weighted by atomic mass is 10.1. The number of hydrogen-bond acceptors (Lipinski definition) is 5. The van der Waals surface area contributed by atoms with Crippen molar-refractivity contribution in [2.45, 2.75) is 76.8 Å². The van der Waals surface area contributed by atoms with Gasteiger partial charge >= 0.3 is 5.97 Å². The van der Waals surface area contributed by atoms with Gasteiger partial charge in [-0.05, 0) is 25.7 Å². The third-order valence-corrected chi connectivity index (χ3v) is 4.34. The Kier molecular flexibility index (Phi) is 16.0. The Morgan fingerprint density at radius 2 is 1.10 bits per heavy atom. The Labute approximate surface area is 183 Å². The van der Waals surface area contributed by atoms with Crippen molar-refractivity contribution in [3.63, 3.8) is 0 Å². The van der Waals surface area contributed by atoms with E-state index in [1.165, 1.54) is 0 Å². The summed E-state index contributed by atoms with van der Waals surface area (Å²) in [4.78, 5) is 35.1. The van der Waals surface area contributed by atoms with E-state index in [1.807, 2.05) is 0 Å². The maximum absolute atomic E-state index is 12.1. The summed E-state index contributed by atoms with van der Waals surface area (Å²) in [7, 11) is 0. The average molecular weight is 443 g/mol. The first-order valence-electron chi connectivity index (χ1n) is 10.7. The van der Waals surface area contributed by atoms with Gasteiger partial charge in [-0.2, -0.15) is 0 Å². The average Bonchev–Trinajstić information content (AvgIpc) is 2.65. The molecule has 0 fully saturated rings. The molecule has 0 radical (unpaired) electrons. The molecule has 0 spiro atoms. The van der Waals surface area contributed by atoms with Gasteiger partial charge < -0.3 is 37.8 Å².